The second kappa shape index (κ2) is 7.63. The average molecular weight is 238 g/mol. The van der Waals surface area contributed by atoms with Gasteiger partial charge in [-0.2, -0.15) is 4.79 Å². The average Bonchev–Trinajstić information content (AvgIpc) is 2.35. The van der Waals surface area contributed by atoms with Gasteiger partial charge in [0.15, 0.2) is 0 Å². The van der Waals surface area contributed by atoms with Crippen molar-refractivity contribution >= 4 is 12.2 Å². The normalized spacial score (nSPS) is 16.4. The monoisotopic (exact) mass is 238 g/mol. The molecule has 0 bridgehead atoms. The van der Waals surface area contributed by atoms with Gasteiger partial charge >= 0.3 is 12.2 Å². The number of ether oxygens (including phenoxy) is 2. The van der Waals surface area contributed by atoms with Gasteiger partial charge in [-0.05, 0) is 25.3 Å². The van der Waals surface area contributed by atoms with Crippen molar-refractivity contribution < 1.29 is 19.1 Å². The highest BCUT2D eigenvalue weighted by atomic mass is 16.5. The SMILES string of the molecule is CC(COC(=O)C=[N+]=[N-])COC1=CCCCC1. The van der Waals surface area contributed by atoms with Crippen molar-refractivity contribution in [1.82, 2.24) is 0 Å². The number of esters is 1. The zero-order valence-corrected chi connectivity index (χ0v) is 10.1. The molecule has 1 aliphatic rings. The Bertz CT molecular complexity index is 333. The number of hydrogen-bond donors (Lipinski definition) is 0. The zero-order chi connectivity index (χ0) is 12.5. The molecule has 0 aliphatic heterocycles. The standard InChI is InChI=1S/C12H18N2O3/c1-10(9-17-12(15)7-14-13)8-16-11-5-3-2-4-6-11/h5,7,10H,2-4,6,8-9H2,1H3. The highest BCUT2D eigenvalue weighted by molar-refractivity contribution is 6.20. The number of carbonyl (C=O) groups excluding carboxylic acids is 1. The second-order valence-corrected chi connectivity index (χ2v) is 4.21. The van der Waals surface area contributed by atoms with Crippen LogP contribution in [-0.4, -0.2) is 30.2 Å². The van der Waals surface area contributed by atoms with Crippen molar-refractivity contribution in [2.24, 2.45) is 5.92 Å². The molecule has 1 rings (SSSR count). The van der Waals surface area contributed by atoms with Crippen LogP contribution in [0.5, 0.6) is 0 Å². The van der Waals surface area contributed by atoms with Gasteiger partial charge in [0, 0.05) is 12.3 Å². The third-order valence-electron chi connectivity index (χ3n) is 2.48. The van der Waals surface area contributed by atoms with Crippen LogP contribution in [0.15, 0.2) is 11.8 Å². The molecule has 0 aromatic rings. The molecule has 0 amide bonds. The number of allylic oxidation sites excluding steroid dienone is 2. The Kier molecular flexibility index (Phi) is 6.04. The van der Waals surface area contributed by atoms with Gasteiger partial charge in [0.2, 0.25) is 0 Å². The van der Waals surface area contributed by atoms with E-state index in [1.807, 2.05) is 6.92 Å². The fraction of sp³-hybridized carbons (Fsp3) is 0.667. The summed E-state index contributed by atoms with van der Waals surface area (Å²) in [6.45, 7) is 2.74. The minimum absolute atomic E-state index is 0.119. The quantitative estimate of drug-likeness (QED) is 0.307. The van der Waals surface area contributed by atoms with Crippen LogP contribution in [0.4, 0.5) is 0 Å². The molecule has 94 valence electrons. The summed E-state index contributed by atoms with van der Waals surface area (Å²) in [6, 6.07) is 0. The largest absolute Gasteiger partial charge is 0.498 e. The van der Waals surface area contributed by atoms with E-state index in [2.05, 4.69) is 10.9 Å². The number of hydrogen-bond acceptors (Lipinski definition) is 3. The Morgan fingerprint density at radius 1 is 1.59 bits per heavy atom. The molecule has 0 N–H and O–H groups in total. The lowest BCUT2D eigenvalue weighted by atomic mass is 10.1. The van der Waals surface area contributed by atoms with Gasteiger partial charge in [-0.1, -0.05) is 6.92 Å². The summed E-state index contributed by atoms with van der Waals surface area (Å²) in [6.07, 6.45) is 7.37. The Balaban J connectivity index is 2.16. The molecule has 5 nitrogen and oxygen atoms in total. The van der Waals surface area contributed by atoms with E-state index in [9.17, 15) is 4.79 Å². The van der Waals surface area contributed by atoms with Crippen LogP contribution in [0.3, 0.4) is 0 Å². The first-order chi connectivity index (χ1) is 8.22. The van der Waals surface area contributed by atoms with Crippen molar-refractivity contribution in [3.63, 3.8) is 0 Å². The third kappa shape index (κ3) is 5.88. The third-order valence-corrected chi connectivity index (χ3v) is 2.48. The van der Waals surface area contributed by atoms with Crippen LogP contribution >= 0.6 is 0 Å². The van der Waals surface area contributed by atoms with Gasteiger partial charge in [0.05, 0.1) is 19.0 Å². The van der Waals surface area contributed by atoms with Crippen LogP contribution in [-0.2, 0) is 14.3 Å². The highest BCUT2D eigenvalue weighted by Gasteiger charge is 2.10. The van der Waals surface area contributed by atoms with Crippen molar-refractivity contribution in [2.75, 3.05) is 13.2 Å². The minimum atomic E-state index is -0.642. The number of nitrogens with zero attached hydrogens (tertiary/aromatic N) is 2. The number of rotatable bonds is 6. The van der Waals surface area contributed by atoms with Gasteiger partial charge in [0.25, 0.3) is 0 Å². The van der Waals surface area contributed by atoms with E-state index in [-0.39, 0.29) is 12.5 Å². The maximum Gasteiger partial charge on any atom is 0.413 e. The summed E-state index contributed by atoms with van der Waals surface area (Å²) in [5.74, 6) is 0.524. The molecule has 0 aromatic carbocycles. The van der Waals surface area contributed by atoms with Crippen molar-refractivity contribution in [2.45, 2.75) is 32.6 Å². The molecule has 0 heterocycles. The Morgan fingerprint density at radius 3 is 3.06 bits per heavy atom. The summed E-state index contributed by atoms with van der Waals surface area (Å²) in [5.41, 5.74) is 8.11. The van der Waals surface area contributed by atoms with Gasteiger partial charge in [-0.25, -0.2) is 4.79 Å². The van der Waals surface area contributed by atoms with Crippen LogP contribution in [0, 0.1) is 5.92 Å². The Labute approximate surface area is 101 Å². The smallest absolute Gasteiger partial charge is 0.413 e. The minimum Gasteiger partial charge on any atom is -0.498 e. The summed E-state index contributed by atoms with van der Waals surface area (Å²) < 4.78 is 10.5. The molecular weight excluding hydrogens is 220 g/mol. The lowest BCUT2D eigenvalue weighted by molar-refractivity contribution is -0.140. The summed E-state index contributed by atoms with van der Waals surface area (Å²) in [7, 11) is 0. The number of carbonyl (C=O) groups is 1. The maximum atomic E-state index is 10.9. The topological polar surface area (TPSA) is 71.9 Å². The molecular formula is C12H18N2O3. The molecule has 0 aromatic heterocycles. The molecule has 5 heteroatoms. The fourth-order valence-electron chi connectivity index (χ4n) is 1.55. The van der Waals surface area contributed by atoms with Gasteiger partial charge in [0.1, 0.15) is 0 Å². The molecule has 1 aliphatic carbocycles. The first-order valence-electron chi connectivity index (χ1n) is 5.88. The van der Waals surface area contributed by atoms with E-state index in [1.54, 1.807) is 0 Å². The summed E-state index contributed by atoms with van der Waals surface area (Å²) in [4.78, 5) is 13.5. The van der Waals surface area contributed by atoms with E-state index >= 15 is 0 Å². The first kappa shape index (κ1) is 13.5. The first-order valence-corrected chi connectivity index (χ1v) is 5.88. The van der Waals surface area contributed by atoms with Crippen LogP contribution in [0.2, 0.25) is 0 Å². The molecule has 0 radical (unpaired) electrons. The molecule has 1 atom stereocenters. The van der Waals surface area contributed by atoms with Crippen molar-refractivity contribution in [3.05, 3.63) is 17.4 Å². The predicted molar refractivity (Wildman–Crippen MR) is 62.3 cm³/mol. The predicted octanol–water partition coefficient (Wildman–Crippen LogP) is 1.94. The van der Waals surface area contributed by atoms with E-state index in [4.69, 9.17) is 15.0 Å². The summed E-state index contributed by atoms with van der Waals surface area (Å²) >= 11 is 0. The van der Waals surface area contributed by atoms with E-state index in [1.165, 1.54) is 12.8 Å². The zero-order valence-electron chi connectivity index (χ0n) is 10.1. The molecule has 0 saturated heterocycles. The lowest BCUT2D eigenvalue weighted by Crippen LogP contribution is -2.17. The van der Waals surface area contributed by atoms with Crippen molar-refractivity contribution in [1.29, 1.82) is 0 Å². The second-order valence-electron chi connectivity index (χ2n) is 4.21. The Hall–Kier alpha value is -1.61. The molecule has 0 spiro atoms. The van der Waals surface area contributed by atoms with Crippen LogP contribution in [0.1, 0.15) is 32.6 Å². The van der Waals surface area contributed by atoms with E-state index in [0.29, 0.717) is 6.61 Å². The summed E-state index contributed by atoms with van der Waals surface area (Å²) in [5, 5.41) is 0. The van der Waals surface area contributed by atoms with Gasteiger partial charge in [-0.15, -0.1) is 0 Å². The fourth-order valence-corrected chi connectivity index (χ4v) is 1.55. The van der Waals surface area contributed by atoms with Crippen LogP contribution in [0.25, 0.3) is 5.53 Å². The van der Waals surface area contributed by atoms with E-state index in [0.717, 1.165) is 24.8 Å². The lowest BCUT2D eigenvalue weighted by Gasteiger charge is -2.17. The van der Waals surface area contributed by atoms with E-state index < -0.39 is 5.97 Å². The van der Waals surface area contributed by atoms with Gasteiger partial charge in [-0.3, -0.25) is 0 Å². The molecule has 1 unspecified atom stereocenters. The highest BCUT2D eigenvalue weighted by Crippen LogP contribution is 2.18. The Morgan fingerprint density at radius 2 is 2.41 bits per heavy atom. The van der Waals surface area contributed by atoms with Gasteiger partial charge < -0.3 is 15.0 Å². The van der Waals surface area contributed by atoms with Crippen molar-refractivity contribution in [3.8, 4) is 0 Å². The van der Waals surface area contributed by atoms with Crippen LogP contribution < -0.4 is 0 Å². The molecule has 0 fully saturated rings. The molecule has 17 heavy (non-hydrogen) atoms. The molecule has 0 saturated carbocycles. The maximum absolute atomic E-state index is 10.9.